The van der Waals surface area contributed by atoms with Crippen molar-refractivity contribution in [2.45, 2.75) is 4.90 Å². The Morgan fingerprint density at radius 1 is 1.14 bits per heavy atom. The second-order valence-corrected chi connectivity index (χ2v) is 8.01. The molecule has 0 bridgehead atoms. The van der Waals surface area contributed by atoms with E-state index in [-0.39, 0.29) is 26.3 Å². The number of anilines is 1. The molecule has 1 N–H and O–H groups in total. The summed E-state index contributed by atoms with van der Waals surface area (Å²) in [6, 6.07) is 7.58. The van der Waals surface area contributed by atoms with Crippen molar-refractivity contribution < 1.29 is 17.7 Å². The number of sulfonamides is 1. The Kier molecular flexibility index (Phi) is 5.55. The van der Waals surface area contributed by atoms with Crippen LogP contribution in [0.5, 0.6) is 0 Å². The number of nitrogens with one attached hydrogen (secondary N) is 1. The predicted molar refractivity (Wildman–Crippen MR) is 104 cm³/mol. The Morgan fingerprint density at radius 3 is 2.41 bits per heavy atom. The zero-order chi connectivity index (χ0) is 21.3. The van der Waals surface area contributed by atoms with Gasteiger partial charge in [0.15, 0.2) is 0 Å². The standard InChI is InChI=1S/C16H9Cl2FN4O5S/c17-12-8-20-22(16(24)15(12)18)10-2-4-11(5-3-10)29(27,28)21-9-1-6-13(19)14(7-9)23(25)26/h1-8,21H. The summed E-state index contributed by atoms with van der Waals surface area (Å²) in [6.07, 6.45) is 1.17. The zero-order valence-electron chi connectivity index (χ0n) is 14.0. The molecule has 0 radical (unpaired) electrons. The zero-order valence-corrected chi connectivity index (χ0v) is 16.4. The van der Waals surface area contributed by atoms with Crippen LogP contribution in [0.1, 0.15) is 0 Å². The molecule has 0 aliphatic rings. The maximum absolute atomic E-state index is 13.4. The van der Waals surface area contributed by atoms with Crippen LogP contribution in [0.2, 0.25) is 10.0 Å². The number of nitro groups is 1. The molecule has 0 saturated carbocycles. The smallest absolute Gasteiger partial charge is 0.279 e. The Bertz CT molecular complexity index is 1280. The maximum atomic E-state index is 13.4. The van der Waals surface area contributed by atoms with E-state index in [9.17, 15) is 27.7 Å². The number of halogens is 3. The monoisotopic (exact) mass is 458 g/mol. The molecule has 3 rings (SSSR count). The highest BCUT2D eigenvalue weighted by atomic mass is 35.5. The van der Waals surface area contributed by atoms with Gasteiger partial charge in [0.1, 0.15) is 5.02 Å². The van der Waals surface area contributed by atoms with Crippen molar-refractivity contribution in [1.82, 2.24) is 9.78 Å². The highest BCUT2D eigenvalue weighted by molar-refractivity contribution is 7.92. The first-order valence-corrected chi connectivity index (χ1v) is 9.84. The molecule has 2 aromatic carbocycles. The van der Waals surface area contributed by atoms with Crippen LogP contribution in [0.4, 0.5) is 15.8 Å². The third-order valence-electron chi connectivity index (χ3n) is 3.66. The molecular formula is C16H9Cl2FN4O5S. The van der Waals surface area contributed by atoms with Gasteiger partial charge >= 0.3 is 5.69 Å². The first-order valence-electron chi connectivity index (χ1n) is 7.60. The largest absolute Gasteiger partial charge is 0.306 e. The van der Waals surface area contributed by atoms with E-state index >= 15 is 0 Å². The summed E-state index contributed by atoms with van der Waals surface area (Å²) < 4.78 is 41.4. The molecule has 1 heterocycles. The summed E-state index contributed by atoms with van der Waals surface area (Å²) in [5, 5.41) is 14.4. The average molecular weight is 459 g/mol. The van der Waals surface area contributed by atoms with Crippen molar-refractivity contribution in [3.8, 4) is 5.69 Å². The molecule has 13 heteroatoms. The fourth-order valence-corrected chi connectivity index (χ4v) is 3.60. The Balaban J connectivity index is 1.91. The van der Waals surface area contributed by atoms with Crippen molar-refractivity contribution in [3.63, 3.8) is 0 Å². The van der Waals surface area contributed by atoms with Crippen molar-refractivity contribution >= 4 is 44.6 Å². The number of aromatic nitrogens is 2. The number of nitro benzene ring substituents is 1. The van der Waals surface area contributed by atoms with Gasteiger partial charge in [-0.3, -0.25) is 19.6 Å². The Morgan fingerprint density at radius 2 is 1.79 bits per heavy atom. The number of nitrogens with zero attached hydrogens (tertiary/aromatic N) is 3. The minimum Gasteiger partial charge on any atom is -0.279 e. The fourth-order valence-electron chi connectivity index (χ4n) is 2.29. The summed E-state index contributed by atoms with van der Waals surface area (Å²) in [6.45, 7) is 0. The van der Waals surface area contributed by atoms with Crippen LogP contribution in [0.3, 0.4) is 0 Å². The lowest BCUT2D eigenvalue weighted by atomic mass is 10.3. The predicted octanol–water partition coefficient (Wildman–Crippen LogP) is 3.39. The number of hydrogen-bond donors (Lipinski definition) is 1. The van der Waals surface area contributed by atoms with Crippen LogP contribution in [-0.4, -0.2) is 23.1 Å². The Hall–Kier alpha value is -3.02. The summed E-state index contributed by atoms with van der Waals surface area (Å²) >= 11 is 11.5. The second-order valence-electron chi connectivity index (χ2n) is 5.55. The van der Waals surface area contributed by atoms with Gasteiger partial charge < -0.3 is 0 Å². The number of hydrogen-bond acceptors (Lipinski definition) is 6. The van der Waals surface area contributed by atoms with E-state index in [0.29, 0.717) is 0 Å². The van der Waals surface area contributed by atoms with Gasteiger partial charge in [-0.25, -0.2) is 8.42 Å². The molecule has 0 spiro atoms. The lowest BCUT2D eigenvalue weighted by Crippen LogP contribution is -2.21. The molecule has 0 saturated heterocycles. The van der Waals surface area contributed by atoms with Crippen molar-refractivity contribution in [2.24, 2.45) is 0 Å². The topological polar surface area (TPSA) is 124 Å². The SMILES string of the molecule is O=c1c(Cl)c(Cl)cnn1-c1ccc(S(=O)(=O)Nc2ccc(F)c([N+](=O)[O-])c2)cc1. The van der Waals surface area contributed by atoms with Crippen molar-refractivity contribution in [1.29, 1.82) is 0 Å². The highest BCUT2D eigenvalue weighted by Crippen LogP contribution is 2.24. The van der Waals surface area contributed by atoms with Crippen LogP contribution >= 0.6 is 23.2 Å². The van der Waals surface area contributed by atoms with Gasteiger partial charge in [-0.2, -0.15) is 14.2 Å². The van der Waals surface area contributed by atoms with Gasteiger partial charge in [-0.15, -0.1) is 0 Å². The summed E-state index contributed by atoms with van der Waals surface area (Å²) in [5.41, 5.74) is -1.52. The highest BCUT2D eigenvalue weighted by Gasteiger charge is 2.19. The number of rotatable bonds is 5. The van der Waals surface area contributed by atoms with Gasteiger partial charge in [0, 0.05) is 6.07 Å². The normalized spacial score (nSPS) is 11.3. The van der Waals surface area contributed by atoms with Gasteiger partial charge in [0.05, 0.1) is 32.4 Å². The first kappa shape index (κ1) is 20.7. The number of benzene rings is 2. The fraction of sp³-hybridized carbons (Fsp3) is 0. The minimum atomic E-state index is -4.14. The van der Waals surface area contributed by atoms with Crippen LogP contribution in [0, 0.1) is 15.9 Å². The Labute approximate surface area is 172 Å². The van der Waals surface area contributed by atoms with E-state index in [1.165, 1.54) is 30.5 Å². The third kappa shape index (κ3) is 4.21. The van der Waals surface area contributed by atoms with Crippen molar-refractivity contribution in [3.05, 3.63) is 85.0 Å². The lowest BCUT2D eigenvalue weighted by Gasteiger charge is -2.10. The molecule has 0 amide bonds. The summed E-state index contributed by atoms with van der Waals surface area (Å²) in [7, 11) is -4.14. The van der Waals surface area contributed by atoms with Gasteiger partial charge in [0.25, 0.3) is 15.6 Å². The van der Waals surface area contributed by atoms with Crippen LogP contribution < -0.4 is 10.3 Å². The van der Waals surface area contributed by atoms with Crippen LogP contribution in [0.15, 0.2) is 58.4 Å². The third-order valence-corrected chi connectivity index (χ3v) is 5.81. The van der Waals surface area contributed by atoms with E-state index in [1.807, 2.05) is 0 Å². The van der Waals surface area contributed by atoms with E-state index in [1.54, 1.807) is 0 Å². The molecule has 29 heavy (non-hydrogen) atoms. The quantitative estimate of drug-likeness (QED) is 0.461. The van der Waals surface area contributed by atoms with Crippen LogP contribution in [-0.2, 0) is 10.0 Å². The van der Waals surface area contributed by atoms with E-state index < -0.39 is 32.0 Å². The summed E-state index contributed by atoms with van der Waals surface area (Å²) in [4.78, 5) is 21.7. The molecule has 3 aromatic rings. The molecule has 0 fully saturated rings. The van der Waals surface area contributed by atoms with Gasteiger partial charge in [-0.05, 0) is 36.4 Å². The molecule has 0 aliphatic heterocycles. The molecule has 150 valence electrons. The maximum Gasteiger partial charge on any atom is 0.306 e. The van der Waals surface area contributed by atoms with Crippen LogP contribution in [0.25, 0.3) is 5.69 Å². The minimum absolute atomic E-state index is 0.0234. The van der Waals surface area contributed by atoms with E-state index in [2.05, 4.69) is 9.82 Å². The molecule has 0 unspecified atom stereocenters. The molecule has 0 aliphatic carbocycles. The van der Waals surface area contributed by atoms with E-state index in [0.717, 1.165) is 22.9 Å². The lowest BCUT2D eigenvalue weighted by molar-refractivity contribution is -0.387. The molecular weight excluding hydrogens is 450 g/mol. The first-order chi connectivity index (χ1) is 13.6. The van der Waals surface area contributed by atoms with Crippen molar-refractivity contribution in [2.75, 3.05) is 4.72 Å². The van der Waals surface area contributed by atoms with Gasteiger partial charge in [-0.1, -0.05) is 23.2 Å². The molecule has 0 atom stereocenters. The second kappa shape index (κ2) is 7.78. The average Bonchev–Trinajstić information content (AvgIpc) is 2.67. The molecule has 9 nitrogen and oxygen atoms in total. The van der Waals surface area contributed by atoms with Gasteiger partial charge in [0.2, 0.25) is 5.82 Å². The summed E-state index contributed by atoms with van der Waals surface area (Å²) in [5.74, 6) is -1.10. The van der Waals surface area contributed by atoms with E-state index in [4.69, 9.17) is 23.2 Å². The molecule has 1 aromatic heterocycles.